The molecule has 4 atom stereocenters. The molecule has 2 N–H and O–H groups in total. The third-order valence-corrected chi connectivity index (χ3v) is 5.31. The lowest BCUT2D eigenvalue weighted by Gasteiger charge is -2.43. The van der Waals surface area contributed by atoms with Gasteiger partial charge in [0.1, 0.15) is 0 Å². The summed E-state index contributed by atoms with van der Waals surface area (Å²) in [5.74, 6) is 2.58. The number of hydrogen-bond acceptors (Lipinski definition) is 2. The molecule has 0 radical (unpaired) electrons. The van der Waals surface area contributed by atoms with Gasteiger partial charge in [-0.05, 0) is 63.3 Å². The molecule has 0 aromatic carbocycles. The van der Waals surface area contributed by atoms with Crippen LogP contribution in [-0.2, 0) is 0 Å². The van der Waals surface area contributed by atoms with Gasteiger partial charge in [-0.25, -0.2) is 0 Å². The van der Waals surface area contributed by atoms with Gasteiger partial charge in [0.2, 0.25) is 0 Å². The zero-order valence-electron chi connectivity index (χ0n) is 13.3. The number of hydrogen-bond donors (Lipinski definition) is 1. The van der Waals surface area contributed by atoms with Crippen molar-refractivity contribution in [2.45, 2.75) is 77.8 Å². The highest BCUT2D eigenvalue weighted by molar-refractivity contribution is 4.86. The molecule has 2 aliphatic rings. The normalized spacial score (nSPS) is 35.5. The number of likely N-dealkylation sites (tertiary alicyclic amines) is 1. The van der Waals surface area contributed by atoms with E-state index >= 15 is 0 Å². The first-order valence-electron chi connectivity index (χ1n) is 8.56. The van der Waals surface area contributed by atoms with E-state index in [2.05, 4.69) is 25.7 Å². The van der Waals surface area contributed by atoms with E-state index in [9.17, 15) is 0 Å². The summed E-state index contributed by atoms with van der Waals surface area (Å²) < 4.78 is 0. The van der Waals surface area contributed by atoms with Crippen molar-refractivity contribution in [3.63, 3.8) is 0 Å². The average molecular weight is 266 g/mol. The summed E-state index contributed by atoms with van der Waals surface area (Å²) in [7, 11) is 0. The standard InChI is InChI=1S/C17H34N2/c1-13(2)10-15-6-4-8-17(11-15)19-9-5-7-16(12-19)14(3)18/h13-17H,4-12,18H2,1-3H3. The van der Waals surface area contributed by atoms with Crippen molar-refractivity contribution < 1.29 is 0 Å². The van der Waals surface area contributed by atoms with E-state index in [1.54, 1.807) is 0 Å². The van der Waals surface area contributed by atoms with Gasteiger partial charge in [0.15, 0.2) is 0 Å². The molecule has 2 heteroatoms. The molecular formula is C17H34N2. The lowest BCUT2D eigenvalue weighted by molar-refractivity contribution is 0.0726. The Morgan fingerprint density at radius 2 is 1.89 bits per heavy atom. The number of nitrogens with zero attached hydrogens (tertiary/aromatic N) is 1. The largest absolute Gasteiger partial charge is 0.328 e. The molecule has 112 valence electrons. The van der Waals surface area contributed by atoms with Crippen molar-refractivity contribution in [1.29, 1.82) is 0 Å². The van der Waals surface area contributed by atoms with Gasteiger partial charge in [-0.2, -0.15) is 0 Å². The zero-order valence-corrected chi connectivity index (χ0v) is 13.3. The second-order valence-electron chi connectivity index (χ2n) is 7.57. The minimum Gasteiger partial charge on any atom is -0.328 e. The van der Waals surface area contributed by atoms with Gasteiger partial charge in [0.25, 0.3) is 0 Å². The third kappa shape index (κ3) is 4.46. The summed E-state index contributed by atoms with van der Waals surface area (Å²) in [4.78, 5) is 2.78. The third-order valence-electron chi connectivity index (χ3n) is 5.31. The molecule has 1 saturated heterocycles. The Morgan fingerprint density at radius 1 is 1.11 bits per heavy atom. The van der Waals surface area contributed by atoms with Crippen LogP contribution in [0.5, 0.6) is 0 Å². The monoisotopic (exact) mass is 266 g/mol. The highest BCUT2D eigenvalue weighted by Crippen LogP contribution is 2.34. The molecular weight excluding hydrogens is 232 g/mol. The molecule has 4 unspecified atom stereocenters. The van der Waals surface area contributed by atoms with Gasteiger partial charge in [0, 0.05) is 18.6 Å². The second-order valence-corrected chi connectivity index (χ2v) is 7.57. The molecule has 2 rings (SSSR count). The molecule has 0 spiro atoms. The fourth-order valence-electron chi connectivity index (χ4n) is 4.28. The summed E-state index contributed by atoms with van der Waals surface area (Å²) >= 11 is 0. The topological polar surface area (TPSA) is 29.3 Å². The molecule has 2 nitrogen and oxygen atoms in total. The quantitative estimate of drug-likeness (QED) is 0.841. The number of rotatable bonds is 4. The SMILES string of the molecule is CC(C)CC1CCCC(N2CCCC(C(C)N)C2)C1. The van der Waals surface area contributed by atoms with E-state index < -0.39 is 0 Å². The molecule has 0 aromatic heterocycles. The predicted molar refractivity (Wildman–Crippen MR) is 83.1 cm³/mol. The van der Waals surface area contributed by atoms with Crippen molar-refractivity contribution in [3.05, 3.63) is 0 Å². The van der Waals surface area contributed by atoms with Crippen LogP contribution in [0, 0.1) is 17.8 Å². The number of nitrogens with two attached hydrogens (primary N) is 1. The van der Waals surface area contributed by atoms with Gasteiger partial charge in [0.05, 0.1) is 0 Å². The van der Waals surface area contributed by atoms with Crippen LogP contribution in [0.1, 0.15) is 65.7 Å². The van der Waals surface area contributed by atoms with Gasteiger partial charge >= 0.3 is 0 Å². The van der Waals surface area contributed by atoms with Crippen LogP contribution >= 0.6 is 0 Å². The lowest BCUT2D eigenvalue weighted by atomic mass is 9.79. The molecule has 1 heterocycles. The van der Waals surface area contributed by atoms with Crippen LogP contribution in [0.2, 0.25) is 0 Å². The van der Waals surface area contributed by atoms with E-state index in [4.69, 9.17) is 5.73 Å². The smallest absolute Gasteiger partial charge is 0.00980 e. The molecule has 0 bridgehead atoms. The van der Waals surface area contributed by atoms with E-state index in [1.807, 2.05) is 0 Å². The van der Waals surface area contributed by atoms with Crippen molar-refractivity contribution >= 4 is 0 Å². The second kappa shape index (κ2) is 7.08. The molecule has 19 heavy (non-hydrogen) atoms. The van der Waals surface area contributed by atoms with Crippen molar-refractivity contribution in [2.75, 3.05) is 13.1 Å². The molecule has 0 aromatic rings. The van der Waals surface area contributed by atoms with Gasteiger partial charge in [-0.1, -0.05) is 26.7 Å². The maximum Gasteiger partial charge on any atom is 0.00980 e. The highest BCUT2D eigenvalue weighted by atomic mass is 15.2. The lowest BCUT2D eigenvalue weighted by Crippen LogP contribution is -2.48. The summed E-state index contributed by atoms with van der Waals surface area (Å²) in [5, 5.41) is 0. The van der Waals surface area contributed by atoms with Crippen molar-refractivity contribution in [3.8, 4) is 0 Å². The average Bonchev–Trinajstić information content (AvgIpc) is 2.38. The Bertz CT molecular complexity index is 262. The van der Waals surface area contributed by atoms with E-state index in [1.165, 1.54) is 58.0 Å². The molecule has 1 aliphatic heterocycles. The summed E-state index contributed by atoms with van der Waals surface area (Å²) in [6.07, 6.45) is 9.93. The maximum absolute atomic E-state index is 6.13. The molecule has 1 saturated carbocycles. The Balaban J connectivity index is 1.86. The summed E-state index contributed by atoms with van der Waals surface area (Å²) in [6, 6.07) is 1.23. The Morgan fingerprint density at radius 3 is 2.58 bits per heavy atom. The Labute approximate surface area is 120 Å². The van der Waals surface area contributed by atoms with Crippen LogP contribution in [-0.4, -0.2) is 30.1 Å². The highest BCUT2D eigenvalue weighted by Gasteiger charge is 2.31. The first-order valence-corrected chi connectivity index (χ1v) is 8.56. The fourth-order valence-corrected chi connectivity index (χ4v) is 4.28. The van der Waals surface area contributed by atoms with Gasteiger partial charge < -0.3 is 10.6 Å². The number of piperidine rings is 1. The zero-order chi connectivity index (χ0) is 13.8. The fraction of sp³-hybridized carbons (Fsp3) is 1.00. The Kier molecular flexibility index (Phi) is 5.70. The van der Waals surface area contributed by atoms with E-state index in [-0.39, 0.29) is 0 Å². The van der Waals surface area contributed by atoms with Crippen molar-refractivity contribution in [1.82, 2.24) is 4.90 Å². The van der Waals surface area contributed by atoms with Crippen LogP contribution < -0.4 is 5.73 Å². The van der Waals surface area contributed by atoms with Crippen LogP contribution in [0.25, 0.3) is 0 Å². The molecule has 0 amide bonds. The van der Waals surface area contributed by atoms with Crippen LogP contribution in [0.4, 0.5) is 0 Å². The minimum absolute atomic E-state index is 0.373. The van der Waals surface area contributed by atoms with E-state index in [0.29, 0.717) is 6.04 Å². The first kappa shape index (κ1) is 15.3. The maximum atomic E-state index is 6.13. The van der Waals surface area contributed by atoms with Gasteiger partial charge in [-0.3, -0.25) is 0 Å². The van der Waals surface area contributed by atoms with Gasteiger partial charge in [-0.15, -0.1) is 0 Å². The Hall–Kier alpha value is -0.0800. The van der Waals surface area contributed by atoms with Crippen LogP contribution in [0.15, 0.2) is 0 Å². The minimum atomic E-state index is 0.373. The molecule has 2 fully saturated rings. The van der Waals surface area contributed by atoms with E-state index in [0.717, 1.165) is 23.8 Å². The first-order chi connectivity index (χ1) is 9.06. The summed E-state index contributed by atoms with van der Waals surface area (Å²) in [6.45, 7) is 9.52. The van der Waals surface area contributed by atoms with Crippen molar-refractivity contribution in [2.24, 2.45) is 23.5 Å². The molecule has 1 aliphatic carbocycles. The predicted octanol–water partition coefficient (Wildman–Crippen LogP) is 3.65. The summed E-state index contributed by atoms with van der Waals surface area (Å²) in [5.41, 5.74) is 6.13. The van der Waals surface area contributed by atoms with Crippen LogP contribution in [0.3, 0.4) is 0 Å².